The van der Waals surface area contributed by atoms with Gasteiger partial charge in [-0.15, -0.1) is 0 Å². The van der Waals surface area contributed by atoms with Crippen LogP contribution in [0, 0.1) is 0 Å². The number of hydrogen-bond acceptors (Lipinski definition) is 3. The number of fused-ring (bicyclic) bond motifs is 1. The van der Waals surface area contributed by atoms with Gasteiger partial charge in [-0.3, -0.25) is 4.98 Å². The molecule has 2 heterocycles. The van der Waals surface area contributed by atoms with Gasteiger partial charge in [0.15, 0.2) is 5.11 Å². The van der Waals surface area contributed by atoms with Gasteiger partial charge >= 0.3 is 0 Å². The van der Waals surface area contributed by atoms with Gasteiger partial charge in [0, 0.05) is 53.9 Å². The summed E-state index contributed by atoms with van der Waals surface area (Å²) < 4.78 is 0. The number of nitrogens with zero attached hydrogens (tertiary/aromatic N) is 1. The molecule has 5 heteroatoms. The summed E-state index contributed by atoms with van der Waals surface area (Å²) in [5, 5.41) is 13.2. The van der Waals surface area contributed by atoms with Crippen molar-refractivity contribution in [1.29, 1.82) is 0 Å². The molecule has 2 atom stereocenters. The molecule has 1 saturated heterocycles. The maximum absolute atomic E-state index is 5.57. The molecule has 0 radical (unpaired) electrons. The lowest BCUT2D eigenvalue weighted by Crippen LogP contribution is -2.41. The van der Waals surface area contributed by atoms with Gasteiger partial charge in [-0.25, -0.2) is 0 Å². The molecule has 0 saturated carbocycles. The number of anilines is 1. The maximum atomic E-state index is 5.57. The molecule has 1 fully saturated rings. The molecule has 4 rings (SSSR count). The van der Waals surface area contributed by atoms with E-state index >= 15 is 0 Å². The minimum atomic E-state index is 0.277. The zero-order valence-corrected chi connectivity index (χ0v) is 14.6. The molecular weight excluding hydrogens is 328 g/mol. The fourth-order valence-corrected chi connectivity index (χ4v) is 3.70. The van der Waals surface area contributed by atoms with E-state index in [0.29, 0.717) is 11.0 Å². The number of rotatable bonds is 3. The third-order valence-corrected chi connectivity index (χ3v) is 4.91. The van der Waals surface area contributed by atoms with Crippen LogP contribution >= 0.6 is 12.2 Å². The van der Waals surface area contributed by atoms with E-state index < -0.39 is 0 Å². The van der Waals surface area contributed by atoms with E-state index in [4.69, 9.17) is 12.2 Å². The zero-order valence-electron chi connectivity index (χ0n) is 13.8. The highest BCUT2D eigenvalue weighted by atomic mass is 32.1. The molecule has 0 aliphatic carbocycles. The zero-order chi connectivity index (χ0) is 17.1. The van der Waals surface area contributed by atoms with Crippen molar-refractivity contribution in [3.8, 4) is 0 Å². The number of aromatic nitrogens is 1. The number of pyridine rings is 1. The van der Waals surface area contributed by atoms with Crippen molar-refractivity contribution in [3.05, 3.63) is 72.6 Å². The van der Waals surface area contributed by atoms with Crippen molar-refractivity contribution in [3.63, 3.8) is 0 Å². The predicted octanol–water partition coefficient (Wildman–Crippen LogP) is 3.28. The normalized spacial score (nSPS) is 19.7. The SMILES string of the molecule is S=C(Nc1cccc2cnccc12)N[C@@H]1CNC[C@H]1c1ccccc1. The Balaban J connectivity index is 1.48. The highest BCUT2D eigenvalue weighted by molar-refractivity contribution is 7.80. The van der Waals surface area contributed by atoms with E-state index in [2.05, 4.69) is 57.3 Å². The Labute approximate surface area is 152 Å². The number of thiocarbonyl (C=S) groups is 1. The quantitative estimate of drug-likeness (QED) is 0.634. The molecule has 0 bridgehead atoms. The van der Waals surface area contributed by atoms with Gasteiger partial charge in [0.2, 0.25) is 0 Å². The van der Waals surface area contributed by atoms with Crippen molar-refractivity contribution in [2.75, 3.05) is 18.4 Å². The minimum absolute atomic E-state index is 0.277. The van der Waals surface area contributed by atoms with Gasteiger partial charge in [-0.05, 0) is 29.9 Å². The topological polar surface area (TPSA) is 49.0 Å². The van der Waals surface area contributed by atoms with Crippen LogP contribution in [-0.4, -0.2) is 29.2 Å². The summed E-state index contributed by atoms with van der Waals surface area (Å²) in [7, 11) is 0. The molecule has 2 aromatic carbocycles. The van der Waals surface area contributed by atoms with Crippen molar-refractivity contribution >= 4 is 33.8 Å². The van der Waals surface area contributed by atoms with Crippen LogP contribution < -0.4 is 16.0 Å². The maximum Gasteiger partial charge on any atom is 0.171 e. The highest BCUT2D eigenvalue weighted by Gasteiger charge is 2.28. The van der Waals surface area contributed by atoms with Gasteiger partial charge in [-0.2, -0.15) is 0 Å². The van der Waals surface area contributed by atoms with Crippen LogP contribution in [0.3, 0.4) is 0 Å². The summed E-state index contributed by atoms with van der Waals surface area (Å²) in [5.41, 5.74) is 2.34. The van der Waals surface area contributed by atoms with Crippen molar-refractivity contribution in [2.45, 2.75) is 12.0 Å². The van der Waals surface area contributed by atoms with Crippen LogP contribution in [0.4, 0.5) is 5.69 Å². The van der Waals surface area contributed by atoms with Crippen LogP contribution in [0.2, 0.25) is 0 Å². The third-order valence-electron chi connectivity index (χ3n) is 4.69. The Kier molecular flexibility index (Phi) is 4.59. The van der Waals surface area contributed by atoms with Crippen molar-refractivity contribution < 1.29 is 0 Å². The summed E-state index contributed by atoms with van der Waals surface area (Å²) in [5.74, 6) is 0.415. The number of hydrogen-bond donors (Lipinski definition) is 3. The first kappa shape index (κ1) is 16.0. The van der Waals surface area contributed by atoms with Gasteiger partial charge in [0.1, 0.15) is 0 Å². The Hall–Kier alpha value is -2.50. The Morgan fingerprint density at radius 1 is 1.04 bits per heavy atom. The molecule has 3 aromatic rings. The molecule has 126 valence electrons. The first-order valence-corrected chi connectivity index (χ1v) is 8.88. The Bertz CT molecular complexity index is 876. The fraction of sp³-hybridized carbons (Fsp3) is 0.200. The van der Waals surface area contributed by atoms with Crippen molar-refractivity contribution in [1.82, 2.24) is 15.6 Å². The monoisotopic (exact) mass is 348 g/mol. The Morgan fingerprint density at radius 3 is 2.80 bits per heavy atom. The summed E-state index contributed by atoms with van der Waals surface area (Å²) >= 11 is 5.57. The van der Waals surface area contributed by atoms with Gasteiger partial charge in [-0.1, -0.05) is 42.5 Å². The highest BCUT2D eigenvalue weighted by Crippen LogP contribution is 2.24. The van der Waals surface area contributed by atoms with E-state index in [-0.39, 0.29) is 6.04 Å². The minimum Gasteiger partial charge on any atom is -0.358 e. The fourth-order valence-electron chi connectivity index (χ4n) is 3.44. The van der Waals surface area contributed by atoms with Crippen LogP contribution in [0.1, 0.15) is 11.5 Å². The standard InChI is InChI=1S/C20H20N4S/c25-20(23-18-8-4-7-15-11-21-10-9-16(15)18)24-19-13-22-12-17(19)14-5-2-1-3-6-14/h1-11,17,19,22H,12-13H2,(H2,23,24,25)/t17-,19+/m0/s1. The summed E-state index contributed by atoms with van der Waals surface area (Å²) in [6.45, 7) is 1.87. The molecule has 0 spiro atoms. The van der Waals surface area contributed by atoms with Gasteiger partial charge in [0.05, 0.1) is 0 Å². The molecule has 25 heavy (non-hydrogen) atoms. The lowest BCUT2D eigenvalue weighted by atomic mass is 9.94. The average Bonchev–Trinajstić information content (AvgIpc) is 3.11. The second-order valence-electron chi connectivity index (χ2n) is 6.28. The summed E-state index contributed by atoms with van der Waals surface area (Å²) in [6.07, 6.45) is 3.67. The van der Waals surface area contributed by atoms with Crippen LogP contribution in [0.15, 0.2) is 67.0 Å². The van der Waals surface area contributed by atoms with Gasteiger partial charge < -0.3 is 16.0 Å². The molecule has 0 amide bonds. The predicted molar refractivity (Wildman–Crippen MR) is 107 cm³/mol. The molecular formula is C20H20N4S. The van der Waals surface area contributed by atoms with Crippen LogP contribution in [0.25, 0.3) is 10.8 Å². The molecule has 4 nitrogen and oxygen atoms in total. The van der Waals surface area contributed by atoms with E-state index in [1.165, 1.54) is 5.56 Å². The first-order chi connectivity index (χ1) is 12.3. The lowest BCUT2D eigenvalue weighted by Gasteiger charge is -2.22. The number of nitrogens with one attached hydrogen (secondary N) is 3. The van der Waals surface area contributed by atoms with E-state index in [0.717, 1.165) is 29.5 Å². The largest absolute Gasteiger partial charge is 0.358 e. The van der Waals surface area contributed by atoms with Crippen LogP contribution in [-0.2, 0) is 0 Å². The third kappa shape index (κ3) is 3.48. The van der Waals surface area contributed by atoms with Crippen LogP contribution in [0.5, 0.6) is 0 Å². The average molecular weight is 348 g/mol. The molecule has 1 aromatic heterocycles. The second-order valence-corrected chi connectivity index (χ2v) is 6.69. The van der Waals surface area contributed by atoms with Crippen molar-refractivity contribution in [2.24, 2.45) is 0 Å². The smallest absolute Gasteiger partial charge is 0.171 e. The first-order valence-electron chi connectivity index (χ1n) is 8.47. The number of benzene rings is 2. The molecule has 0 unspecified atom stereocenters. The molecule has 3 N–H and O–H groups in total. The van der Waals surface area contributed by atoms with Gasteiger partial charge in [0.25, 0.3) is 0 Å². The lowest BCUT2D eigenvalue weighted by molar-refractivity contribution is 0.597. The Morgan fingerprint density at radius 2 is 1.92 bits per heavy atom. The summed E-state index contributed by atoms with van der Waals surface area (Å²) in [6, 6.07) is 19.0. The van der Waals surface area contributed by atoms with E-state index in [9.17, 15) is 0 Å². The van der Waals surface area contributed by atoms with E-state index in [1.807, 2.05) is 24.4 Å². The summed E-state index contributed by atoms with van der Waals surface area (Å²) in [4.78, 5) is 4.18. The second kappa shape index (κ2) is 7.17. The van der Waals surface area contributed by atoms with E-state index in [1.54, 1.807) is 6.20 Å². The molecule has 1 aliphatic rings. The molecule has 1 aliphatic heterocycles.